The van der Waals surface area contributed by atoms with Gasteiger partial charge in [0.15, 0.2) is 0 Å². The van der Waals surface area contributed by atoms with Gasteiger partial charge in [0, 0.05) is 24.9 Å². The number of carbonyl (C=O) groups is 1. The molecule has 1 amide bonds. The van der Waals surface area contributed by atoms with E-state index in [-0.39, 0.29) is 23.9 Å². The van der Waals surface area contributed by atoms with Gasteiger partial charge in [-0.25, -0.2) is 4.98 Å². The zero-order valence-electron chi connectivity index (χ0n) is 16.4. The van der Waals surface area contributed by atoms with Gasteiger partial charge < -0.3 is 4.90 Å². The van der Waals surface area contributed by atoms with Crippen LogP contribution in [0, 0.1) is 0 Å². The SMILES string of the molecule is CC(c1ccccc1)N(C)C(=O)CCn1cnc2sc3c(c2c1=O)CCCC3. The molecule has 1 unspecified atom stereocenters. The predicted octanol–water partition coefficient (Wildman–Crippen LogP) is 3.95. The van der Waals surface area contributed by atoms with Gasteiger partial charge in [-0.3, -0.25) is 14.2 Å². The lowest BCUT2D eigenvalue weighted by molar-refractivity contribution is -0.132. The van der Waals surface area contributed by atoms with Crippen LogP contribution in [-0.2, 0) is 24.2 Å². The Morgan fingerprint density at radius 3 is 2.79 bits per heavy atom. The second-order valence-corrected chi connectivity index (χ2v) is 8.56. The summed E-state index contributed by atoms with van der Waals surface area (Å²) >= 11 is 1.65. The van der Waals surface area contributed by atoms with Gasteiger partial charge in [-0.05, 0) is 43.7 Å². The maximum atomic E-state index is 13.0. The van der Waals surface area contributed by atoms with Crippen LogP contribution in [0.5, 0.6) is 0 Å². The van der Waals surface area contributed by atoms with Crippen LogP contribution in [0.2, 0.25) is 0 Å². The molecule has 0 radical (unpaired) electrons. The Balaban J connectivity index is 1.50. The molecule has 0 bridgehead atoms. The molecule has 4 rings (SSSR count). The zero-order chi connectivity index (χ0) is 19.7. The van der Waals surface area contributed by atoms with Gasteiger partial charge in [0.05, 0.1) is 17.8 Å². The van der Waals surface area contributed by atoms with E-state index in [1.165, 1.54) is 16.9 Å². The fraction of sp³-hybridized carbons (Fsp3) is 0.409. The van der Waals surface area contributed by atoms with Crippen molar-refractivity contribution in [1.29, 1.82) is 0 Å². The molecular weight excluding hydrogens is 370 g/mol. The molecule has 0 spiro atoms. The van der Waals surface area contributed by atoms with E-state index in [9.17, 15) is 9.59 Å². The molecule has 5 nitrogen and oxygen atoms in total. The number of thiophene rings is 1. The zero-order valence-corrected chi connectivity index (χ0v) is 17.2. The Hall–Kier alpha value is -2.47. The van der Waals surface area contributed by atoms with Crippen molar-refractivity contribution >= 4 is 27.5 Å². The first kappa shape index (κ1) is 18.9. The third kappa shape index (κ3) is 3.49. The average molecular weight is 396 g/mol. The number of hydrogen-bond acceptors (Lipinski definition) is 4. The summed E-state index contributed by atoms with van der Waals surface area (Å²) in [6.45, 7) is 2.38. The van der Waals surface area contributed by atoms with Crippen molar-refractivity contribution < 1.29 is 4.79 Å². The number of rotatable bonds is 5. The van der Waals surface area contributed by atoms with Crippen LogP contribution in [0.15, 0.2) is 41.5 Å². The second-order valence-electron chi connectivity index (χ2n) is 7.48. The van der Waals surface area contributed by atoms with E-state index < -0.39 is 0 Å². The quantitative estimate of drug-likeness (QED) is 0.657. The maximum Gasteiger partial charge on any atom is 0.262 e. The highest BCUT2D eigenvalue weighted by Crippen LogP contribution is 2.33. The number of carbonyl (C=O) groups excluding carboxylic acids is 1. The lowest BCUT2D eigenvalue weighted by Gasteiger charge is -2.25. The summed E-state index contributed by atoms with van der Waals surface area (Å²) in [7, 11) is 1.82. The van der Waals surface area contributed by atoms with Crippen molar-refractivity contribution in [2.24, 2.45) is 0 Å². The van der Waals surface area contributed by atoms with Gasteiger partial charge in [-0.1, -0.05) is 30.3 Å². The van der Waals surface area contributed by atoms with Crippen molar-refractivity contribution in [2.45, 2.75) is 51.6 Å². The van der Waals surface area contributed by atoms with Gasteiger partial charge in [0.2, 0.25) is 5.91 Å². The van der Waals surface area contributed by atoms with Gasteiger partial charge in [-0.2, -0.15) is 0 Å². The van der Waals surface area contributed by atoms with Gasteiger partial charge >= 0.3 is 0 Å². The first-order valence-corrected chi connectivity index (χ1v) is 10.7. The van der Waals surface area contributed by atoms with Crippen LogP contribution in [0.25, 0.3) is 10.2 Å². The van der Waals surface area contributed by atoms with Gasteiger partial charge in [0.25, 0.3) is 5.56 Å². The van der Waals surface area contributed by atoms with Crippen molar-refractivity contribution in [3.05, 3.63) is 63.0 Å². The molecular formula is C22H25N3O2S. The number of aryl methyl sites for hydroxylation is 3. The third-order valence-electron chi connectivity index (χ3n) is 5.76. The van der Waals surface area contributed by atoms with E-state index >= 15 is 0 Å². The normalized spacial score (nSPS) is 14.6. The minimum Gasteiger partial charge on any atom is -0.339 e. The predicted molar refractivity (Wildman–Crippen MR) is 113 cm³/mol. The molecule has 1 aromatic carbocycles. The Morgan fingerprint density at radius 2 is 2.00 bits per heavy atom. The molecule has 6 heteroatoms. The average Bonchev–Trinajstić information content (AvgIpc) is 3.12. The number of hydrogen-bond donors (Lipinski definition) is 0. The van der Waals surface area contributed by atoms with Crippen LogP contribution in [-0.4, -0.2) is 27.4 Å². The second kappa shape index (κ2) is 7.87. The molecule has 1 aliphatic carbocycles. The third-order valence-corrected chi connectivity index (χ3v) is 6.96. The number of fused-ring (bicyclic) bond motifs is 3. The summed E-state index contributed by atoms with van der Waals surface area (Å²) in [5.41, 5.74) is 2.29. The summed E-state index contributed by atoms with van der Waals surface area (Å²) in [5.74, 6) is 0.0238. The highest BCUT2D eigenvalue weighted by molar-refractivity contribution is 7.18. The Kier molecular flexibility index (Phi) is 5.31. The van der Waals surface area contributed by atoms with E-state index in [2.05, 4.69) is 4.98 Å². The minimum atomic E-state index is -0.00470. The molecule has 0 aliphatic heterocycles. The van der Waals surface area contributed by atoms with Gasteiger partial charge in [-0.15, -0.1) is 11.3 Å². The van der Waals surface area contributed by atoms with Crippen LogP contribution in [0.3, 0.4) is 0 Å². The number of aromatic nitrogens is 2. The molecule has 0 N–H and O–H groups in total. The molecule has 1 aliphatic rings. The van der Waals surface area contributed by atoms with Crippen LogP contribution in [0.4, 0.5) is 0 Å². The Morgan fingerprint density at radius 1 is 1.25 bits per heavy atom. The molecule has 0 saturated carbocycles. The first-order valence-electron chi connectivity index (χ1n) is 9.86. The molecule has 3 aromatic rings. The topological polar surface area (TPSA) is 55.2 Å². The largest absolute Gasteiger partial charge is 0.339 e. The summed E-state index contributed by atoms with van der Waals surface area (Å²) in [5, 5.41) is 0.778. The van der Waals surface area contributed by atoms with Crippen LogP contribution in [0.1, 0.15) is 48.2 Å². The van der Waals surface area contributed by atoms with Crippen LogP contribution >= 0.6 is 11.3 Å². The maximum absolute atomic E-state index is 13.0. The molecule has 0 fully saturated rings. The molecule has 28 heavy (non-hydrogen) atoms. The number of amides is 1. The van der Waals surface area contributed by atoms with E-state index in [1.54, 1.807) is 27.1 Å². The minimum absolute atomic E-state index is 0.00374. The lowest BCUT2D eigenvalue weighted by atomic mass is 9.97. The molecule has 2 heterocycles. The summed E-state index contributed by atoms with van der Waals surface area (Å²) in [6, 6.07) is 9.97. The van der Waals surface area contributed by atoms with Crippen molar-refractivity contribution in [2.75, 3.05) is 7.05 Å². The highest BCUT2D eigenvalue weighted by Gasteiger charge is 2.21. The fourth-order valence-corrected chi connectivity index (χ4v) is 5.12. The molecule has 146 valence electrons. The Bertz CT molecular complexity index is 1050. The van der Waals surface area contributed by atoms with Crippen molar-refractivity contribution in [3.8, 4) is 0 Å². The van der Waals surface area contributed by atoms with E-state index in [1.807, 2.05) is 44.3 Å². The molecule has 1 atom stereocenters. The van der Waals surface area contributed by atoms with Crippen molar-refractivity contribution in [3.63, 3.8) is 0 Å². The van der Waals surface area contributed by atoms with Crippen molar-refractivity contribution in [1.82, 2.24) is 14.5 Å². The van der Waals surface area contributed by atoms with E-state index in [0.717, 1.165) is 35.0 Å². The molecule has 2 aromatic heterocycles. The molecule has 0 saturated heterocycles. The van der Waals surface area contributed by atoms with E-state index in [4.69, 9.17) is 0 Å². The summed E-state index contributed by atoms with van der Waals surface area (Å²) in [6.07, 6.45) is 6.22. The standard InChI is InChI=1S/C22H25N3O2S/c1-15(16-8-4-3-5-9-16)24(2)19(26)12-13-25-14-23-21-20(22(25)27)17-10-6-7-11-18(17)28-21/h3-5,8-9,14-15H,6-7,10-13H2,1-2H3. The monoisotopic (exact) mass is 395 g/mol. The summed E-state index contributed by atoms with van der Waals surface area (Å²) < 4.78 is 1.60. The highest BCUT2D eigenvalue weighted by atomic mass is 32.1. The van der Waals surface area contributed by atoms with Crippen LogP contribution < -0.4 is 5.56 Å². The number of benzene rings is 1. The van der Waals surface area contributed by atoms with Gasteiger partial charge in [0.1, 0.15) is 4.83 Å². The summed E-state index contributed by atoms with van der Waals surface area (Å²) in [4.78, 5) is 34.1. The Labute approximate surface area is 168 Å². The first-order chi connectivity index (χ1) is 13.6. The van der Waals surface area contributed by atoms with E-state index in [0.29, 0.717) is 6.54 Å². The lowest BCUT2D eigenvalue weighted by Crippen LogP contribution is -2.31. The smallest absolute Gasteiger partial charge is 0.262 e. The fourth-order valence-electron chi connectivity index (χ4n) is 3.90. The number of nitrogens with zero attached hydrogens (tertiary/aromatic N) is 3.